The second kappa shape index (κ2) is 5.93. The third-order valence-corrected chi connectivity index (χ3v) is 3.91. The van der Waals surface area contributed by atoms with E-state index in [0.717, 1.165) is 5.02 Å². The Morgan fingerprint density at radius 3 is 2.32 bits per heavy atom. The van der Waals surface area contributed by atoms with E-state index < -0.39 is 0 Å². The van der Waals surface area contributed by atoms with Gasteiger partial charge in [-0.25, -0.2) is 0 Å². The second-order valence-corrected chi connectivity index (χ2v) is 6.09. The fourth-order valence-corrected chi connectivity index (χ4v) is 2.53. The molecule has 1 amide bonds. The number of nitrogens with one attached hydrogen (secondary N) is 1. The molecule has 0 spiro atoms. The molecule has 0 heterocycles. The molecular formula is C15H21ClN2O. The lowest BCUT2D eigenvalue weighted by molar-refractivity contribution is -0.121. The van der Waals surface area contributed by atoms with Gasteiger partial charge in [-0.15, -0.1) is 0 Å². The largest absolute Gasteiger partial charge is 0.368 e. The van der Waals surface area contributed by atoms with Crippen LogP contribution in [0, 0.1) is 11.8 Å². The van der Waals surface area contributed by atoms with Crippen LogP contribution in [-0.4, -0.2) is 11.9 Å². The van der Waals surface area contributed by atoms with Gasteiger partial charge < -0.3 is 5.73 Å². The van der Waals surface area contributed by atoms with Crippen molar-refractivity contribution >= 4 is 17.5 Å². The molecule has 0 saturated heterocycles. The molecule has 0 radical (unpaired) electrons. The van der Waals surface area contributed by atoms with Crippen molar-refractivity contribution in [1.82, 2.24) is 5.32 Å². The summed E-state index contributed by atoms with van der Waals surface area (Å²) in [6.07, 6.45) is 2.40. The van der Waals surface area contributed by atoms with Gasteiger partial charge in [0.25, 0.3) is 0 Å². The third kappa shape index (κ3) is 3.71. The van der Waals surface area contributed by atoms with Crippen molar-refractivity contribution in [2.24, 2.45) is 17.6 Å². The smallest absolute Gasteiger partial charge is 0.234 e. The van der Waals surface area contributed by atoms with E-state index in [2.05, 4.69) is 5.32 Å². The highest BCUT2D eigenvalue weighted by atomic mass is 35.5. The maximum absolute atomic E-state index is 11.5. The van der Waals surface area contributed by atoms with E-state index in [1.165, 1.54) is 18.4 Å². The minimum absolute atomic E-state index is 0.186. The number of carbonyl (C=O) groups excluding carboxylic acids is 1. The molecule has 1 aliphatic rings. The highest BCUT2D eigenvalue weighted by Gasteiger charge is 2.35. The van der Waals surface area contributed by atoms with E-state index in [1.54, 1.807) is 0 Å². The molecule has 3 N–H and O–H groups in total. The normalized spacial score (nSPS) is 18.3. The lowest BCUT2D eigenvalue weighted by atomic mass is 9.97. The van der Waals surface area contributed by atoms with Crippen molar-refractivity contribution < 1.29 is 4.79 Å². The average Bonchev–Trinajstić information content (AvgIpc) is 3.15. The lowest BCUT2D eigenvalue weighted by Gasteiger charge is -2.26. The maximum atomic E-state index is 11.5. The van der Waals surface area contributed by atoms with Crippen molar-refractivity contribution in [3.63, 3.8) is 0 Å². The maximum Gasteiger partial charge on any atom is 0.234 e. The van der Waals surface area contributed by atoms with Crippen LogP contribution in [-0.2, 0) is 4.79 Å². The molecule has 0 bridgehead atoms. The van der Waals surface area contributed by atoms with Crippen molar-refractivity contribution in [3.05, 3.63) is 34.9 Å². The lowest BCUT2D eigenvalue weighted by Crippen LogP contribution is -2.47. The summed E-state index contributed by atoms with van der Waals surface area (Å²) in [5.41, 5.74) is 6.67. The van der Waals surface area contributed by atoms with Gasteiger partial charge in [0.15, 0.2) is 0 Å². The molecule has 2 unspecified atom stereocenters. The molecule has 0 aliphatic heterocycles. The van der Waals surface area contributed by atoms with Crippen molar-refractivity contribution in [2.75, 3.05) is 0 Å². The first-order chi connectivity index (χ1) is 8.99. The molecular weight excluding hydrogens is 260 g/mol. The average molecular weight is 281 g/mol. The van der Waals surface area contributed by atoms with Gasteiger partial charge in [0, 0.05) is 11.1 Å². The molecule has 1 aromatic carbocycles. The number of halogens is 1. The molecule has 3 nitrogen and oxygen atoms in total. The van der Waals surface area contributed by atoms with E-state index in [9.17, 15) is 4.79 Å². The fraction of sp³-hybridized carbons (Fsp3) is 0.533. The first-order valence-corrected chi connectivity index (χ1v) is 7.17. The number of carbonyl (C=O) groups is 1. The Labute approximate surface area is 119 Å². The second-order valence-electron chi connectivity index (χ2n) is 5.66. The van der Waals surface area contributed by atoms with Gasteiger partial charge in [0.1, 0.15) is 0 Å². The van der Waals surface area contributed by atoms with E-state index in [1.807, 2.05) is 38.1 Å². The summed E-state index contributed by atoms with van der Waals surface area (Å²) in [7, 11) is 0. The Kier molecular flexibility index (Phi) is 4.48. The van der Waals surface area contributed by atoms with E-state index in [4.69, 9.17) is 17.3 Å². The van der Waals surface area contributed by atoms with Crippen LogP contribution in [0.4, 0.5) is 0 Å². The topological polar surface area (TPSA) is 55.1 Å². The highest BCUT2D eigenvalue weighted by Crippen LogP contribution is 2.41. The van der Waals surface area contributed by atoms with Gasteiger partial charge in [-0.1, -0.05) is 37.6 Å². The zero-order valence-corrected chi connectivity index (χ0v) is 12.2. The van der Waals surface area contributed by atoms with Crippen LogP contribution in [0.1, 0.15) is 38.3 Å². The standard InChI is InChI=1S/C15H21ClN2O/c1-9(2)13(15(17)19)18-14(10-3-4-10)11-5-7-12(16)8-6-11/h5-10,13-14,18H,3-4H2,1-2H3,(H2,17,19). The molecule has 4 heteroatoms. The zero-order valence-electron chi connectivity index (χ0n) is 11.4. The molecule has 2 rings (SSSR count). The van der Waals surface area contributed by atoms with Gasteiger partial charge >= 0.3 is 0 Å². The predicted molar refractivity (Wildman–Crippen MR) is 77.9 cm³/mol. The number of hydrogen-bond acceptors (Lipinski definition) is 2. The number of benzene rings is 1. The molecule has 19 heavy (non-hydrogen) atoms. The Morgan fingerprint density at radius 1 is 1.32 bits per heavy atom. The number of rotatable bonds is 6. The van der Waals surface area contributed by atoms with Crippen LogP contribution in [0.5, 0.6) is 0 Å². The van der Waals surface area contributed by atoms with Crippen molar-refractivity contribution in [2.45, 2.75) is 38.8 Å². The van der Waals surface area contributed by atoms with Crippen LogP contribution in [0.3, 0.4) is 0 Å². The summed E-state index contributed by atoms with van der Waals surface area (Å²) in [6, 6.07) is 7.73. The molecule has 0 aromatic heterocycles. The molecule has 104 valence electrons. The van der Waals surface area contributed by atoms with E-state index in [0.29, 0.717) is 5.92 Å². The van der Waals surface area contributed by atoms with Crippen molar-refractivity contribution in [3.8, 4) is 0 Å². The van der Waals surface area contributed by atoms with Crippen molar-refractivity contribution in [1.29, 1.82) is 0 Å². The molecule has 1 aliphatic carbocycles. The SMILES string of the molecule is CC(C)C(NC(c1ccc(Cl)cc1)C1CC1)C(N)=O. The highest BCUT2D eigenvalue weighted by molar-refractivity contribution is 6.30. The summed E-state index contributed by atoms with van der Waals surface area (Å²) in [6.45, 7) is 4.02. The van der Waals surface area contributed by atoms with Gasteiger partial charge in [-0.2, -0.15) is 0 Å². The zero-order chi connectivity index (χ0) is 14.0. The van der Waals surface area contributed by atoms with Crippen LogP contribution >= 0.6 is 11.6 Å². The fourth-order valence-electron chi connectivity index (χ4n) is 2.40. The Hall–Kier alpha value is -1.06. The third-order valence-electron chi connectivity index (χ3n) is 3.65. The van der Waals surface area contributed by atoms with Crippen LogP contribution < -0.4 is 11.1 Å². The summed E-state index contributed by atoms with van der Waals surface area (Å²) in [5.74, 6) is 0.502. The van der Waals surface area contributed by atoms with E-state index in [-0.39, 0.29) is 23.9 Å². The minimum Gasteiger partial charge on any atom is -0.368 e. The van der Waals surface area contributed by atoms with Crippen LogP contribution in [0.15, 0.2) is 24.3 Å². The Balaban J connectivity index is 2.16. The monoisotopic (exact) mass is 280 g/mol. The van der Waals surface area contributed by atoms with E-state index >= 15 is 0 Å². The predicted octanol–water partition coefficient (Wildman–Crippen LogP) is 2.89. The Bertz CT molecular complexity index is 440. The summed E-state index contributed by atoms with van der Waals surface area (Å²) < 4.78 is 0. The molecule has 2 atom stereocenters. The molecule has 1 saturated carbocycles. The first-order valence-electron chi connectivity index (χ1n) is 6.80. The summed E-state index contributed by atoms with van der Waals surface area (Å²) in [5, 5.41) is 4.16. The number of hydrogen-bond donors (Lipinski definition) is 2. The summed E-state index contributed by atoms with van der Waals surface area (Å²) in [4.78, 5) is 11.5. The van der Waals surface area contributed by atoms with Gasteiger partial charge in [0.2, 0.25) is 5.91 Å². The minimum atomic E-state index is -0.290. The Morgan fingerprint density at radius 2 is 1.89 bits per heavy atom. The van der Waals surface area contributed by atoms with Crippen LogP contribution in [0.25, 0.3) is 0 Å². The quantitative estimate of drug-likeness (QED) is 0.842. The van der Waals surface area contributed by atoms with Gasteiger partial charge in [-0.3, -0.25) is 10.1 Å². The number of primary amides is 1. The van der Waals surface area contributed by atoms with Gasteiger partial charge in [0.05, 0.1) is 6.04 Å². The van der Waals surface area contributed by atoms with Gasteiger partial charge in [-0.05, 0) is 42.4 Å². The number of nitrogens with two attached hydrogens (primary N) is 1. The summed E-state index contributed by atoms with van der Waals surface area (Å²) >= 11 is 5.92. The molecule has 1 aromatic rings. The van der Waals surface area contributed by atoms with Crippen LogP contribution in [0.2, 0.25) is 5.02 Å². The number of amides is 1. The first kappa shape index (κ1) is 14.4. The molecule has 1 fully saturated rings.